The van der Waals surface area contributed by atoms with Crippen molar-refractivity contribution in [3.05, 3.63) is 35.0 Å². The number of hydrogen-bond acceptors (Lipinski definition) is 4. The fourth-order valence-electron chi connectivity index (χ4n) is 1.95. The van der Waals surface area contributed by atoms with Crippen molar-refractivity contribution in [2.24, 2.45) is 0 Å². The summed E-state index contributed by atoms with van der Waals surface area (Å²) in [7, 11) is 0. The van der Waals surface area contributed by atoms with E-state index in [1.807, 2.05) is 33.8 Å². The van der Waals surface area contributed by atoms with E-state index in [4.69, 9.17) is 4.52 Å². The highest BCUT2D eigenvalue weighted by Crippen LogP contribution is 2.15. The number of amides is 1. The lowest BCUT2D eigenvalue weighted by atomic mass is 10.2. The maximum Gasteiger partial charge on any atom is 0.255 e. The molecular formula is C14H20N4O2. The molecular weight excluding hydrogens is 256 g/mol. The third-order valence-electron chi connectivity index (χ3n) is 3.23. The maximum absolute atomic E-state index is 12.2. The first-order valence-corrected chi connectivity index (χ1v) is 6.85. The largest absolute Gasteiger partial charge is 0.359 e. The molecule has 1 atom stereocenters. The van der Waals surface area contributed by atoms with Crippen molar-refractivity contribution in [1.82, 2.24) is 20.3 Å². The Morgan fingerprint density at radius 2 is 2.25 bits per heavy atom. The van der Waals surface area contributed by atoms with Crippen LogP contribution in [-0.2, 0) is 13.0 Å². The van der Waals surface area contributed by atoms with Crippen LogP contribution in [0, 0.1) is 6.92 Å². The van der Waals surface area contributed by atoms with Crippen LogP contribution >= 0.6 is 0 Å². The molecule has 0 aliphatic rings. The molecule has 108 valence electrons. The zero-order chi connectivity index (χ0) is 14.7. The van der Waals surface area contributed by atoms with Crippen LogP contribution in [0.5, 0.6) is 0 Å². The quantitative estimate of drug-likeness (QED) is 0.909. The van der Waals surface area contributed by atoms with Crippen LogP contribution < -0.4 is 5.32 Å². The van der Waals surface area contributed by atoms with Crippen molar-refractivity contribution < 1.29 is 9.32 Å². The van der Waals surface area contributed by atoms with Crippen molar-refractivity contribution in [2.75, 3.05) is 0 Å². The van der Waals surface area contributed by atoms with Crippen LogP contribution in [0.2, 0.25) is 0 Å². The molecule has 1 amide bonds. The maximum atomic E-state index is 12.2. The number of rotatable bonds is 5. The molecule has 6 nitrogen and oxygen atoms in total. The molecule has 0 aromatic carbocycles. The zero-order valence-corrected chi connectivity index (χ0v) is 12.3. The summed E-state index contributed by atoms with van der Waals surface area (Å²) < 4.78 is 6.97. The van der Waals surface area contributed by atoms with E-state index in [0.29, 0.717) is 11.3 Å². The molecule has 0 spiro atoms. The monoisotopic (exact) mass is 276 g/mol. The van der Waals surface area contributed by atoms with Crippen molar-refractivity contribution in [3.63, 3.8) is 0 Å². The van der Waals surface area contributed by atoms with E-state index in [1.54, 1.807) is 10.9 Å². The lowest BCUT2D eigenvalue weighted by Gasteiger charge is -2.09. The van der Waals surface area contributed by atoms with E-state index in [9.17, 15) is 4.79 Å². The summed E-state index contributed by atoms with van der Waals surface area (Å²) in [6.45, 7) is 8.43. The molecule has 0 radical (unpaired) electrons. The summed E-state index contributed by atoms with van der Waals surface area (Å²) in [4.78, 5) is 12.2. The summed E-state index contributed by atoms with van der Waals surface area (Å²) in [5.41, 5.74) is 2.20. The number of aryl methyl sites for hydroxylation is 3. The smallest absolute Gasteiger partial charge is 0.255 e. The molecule has 6 heteroatoms. The van der Waals surface area contributed by atoms with Crippen molar-refractivity contribution in [3.8, 4) is 0 Å². The highest BCUT2D eigenvalue weighted by atomic mass is 16.5. The van der Waals surface area contributed by atoms with Gasteiger partial charge in [-0.2, -0.15) is 5.10 Å². The Labute approximate surface area is 118 Å². The highest BCUT2D eigenvalue weighted by Gasteiger charge is 2.18. The first-order valence-electron chi connectivity index (χ1n) is 6.85. The number of aromatic nitrogens is 3. The number of carbonyl (C=O) groups excluding carboxylic acids is 1. The van der Waals surface area contributed by atoms with Gasteiger partial charge in [0.25, 0.3) is 5.91 Å². The number of nitrogens with one attached hydrogen (secondary N) is 1. The lowest BCUT2D eigenvalue weighted by Crippen LogP contribution is -2.26. The number of hydrogen-bond donors (Lipinski definition) is 1. The van der Waals surface area contributed by atoms with Crippen molar-refractivity contribution in [1.29, 1.82) is 0 Å². The molecule has 0 saturated carbocycles. The second kappa shape index (κ2) is 5.90. The van der Waals surface area contributed by atoms with Gasteiger partial charge in [-0.25, -0.2) is 0 Å². The molecule has 0 bridgehead atoms. The standard InChI is InChI=1S/C14H20N4O2/c1-5-11-7-13(20-17-11)10(4)15-14(19)12-8-18(6-2)16-9(12)3/h7-8,10H,5-6H2,1-4H3,(H,15,19). The van der Waals surface area contributed by atoms with Crippen LogP contribution in [0.25, 0.3) is 0 Å². The van der Waals surface area contributed by atoms with Crippen LogP contribution in [-0.4, -0.2) is 20.8 Å². The summed E-state index contributed by atoms with van der Waals surface area (Å²) in [6.07, 6.45) is 2.57. The predicted octanol–water partition coefficient (Wildman–Crippen LogP) is 2.25. The van der Waals surface area contributed by atoms with E-state index >= 15 is 0 Å². The fraction of sp³-hybridized carbons (Fsp3) is 0.500. The van der Waals surface area contributed by atoms with E-state index < -0.39 is 0 Å². The summed E-state index contributed by atoms with van der Waals surface area (Å²) in [6, 6.07) is 1.65. The van der Waals surface area contributed by atoms with Gasteiger partial charge in [0.15, 0.2) is 5.76 Å². The van der Waals surface area contributed by atoms with Gasteiger partial charge in [0.05, 0.1) is 23.0 Å². The lowest BCUT2D eigenvalue weighted by molar-refractivity contribution is 0.0933. The molecule has 2 aromatic heterocycles. The van der Waals surface area contributed by atoms with E-state index in [1.165, 1.54) is 0 Å². The van der Waals surface area contributed by atoms with Gasteiger partial charge in [0, 0.05) is 18.8 Å². The van der Waals surface area contributed by atoms with Crippen molar-refractivity contribution in [2.45, 2.75) is 46.7 Å². The van der Waals surface area contributed by atoms with Gasteiger partial charge in [-0.1, -0.05) is 12.1 Å². The van der Waals surface area contributed by atoms with Crippen LogP contribution in [0.1, 0.15) is 54.3 Å². The van der Waals surface area contributed by atoms with Gasteiger partial charge in [0.1, 0.15) is 0 Å². The first-order chi connectivity index (χ1) is 9.55. The molecule has 0 fully saturated rings. The molecule has 1 N–H and O–H groups in total. The predicted molar refractivity (Wildman–Crippen MR) is 74.4 cm³/mol. The third-order valence-corrected chi connectivity index (χ3v) is 3.23. The van der Waals surface area contributed by atoms with Crippen LogP contribution in [0.4, 0.5) is 0 Å². The normalized spacial score (nSPS) is 12.4. The zero-order valence-electron chi connectivity index (χ0n) is 12.3. The van der Waals surface area contributed by atoms with Gasteiger partial charge in [-0.15, -0.1) is 0 Å². The SMILES string of the molecule is CCc1cc(C(C)NC(=O)c2cn(CC)nc2C)on1. The first kappa shape index (κ1) is 14.3. The minimum absolute atomic E-state index is 0.149. The molecule has 2 heterocycles. The number of carbonyl (C=O) groups is 1. The third kappa shape index (κ3) is 2.89. The van der Waals surface area contributed by atoms with E-state index in [2.05, 4.69) is 15.6 Å². The van der Waals surface area contributed by atoms with E-state index in [-0.39, 0.29) is 11.9 Å². The summed E-state index contributed by atoms with van der Waals surface area (Å²) in [5.74, 6) is 0.514. The average molecular weight is 276 g/mol. The molecule has 2 aromatic rings. The van der Waals surface area contributed by atoms with Gasteiger partial charge in [-0.3, -0.25) is 9.48 Å². The Bertz CT molecular complexity index is 600. The Morgan fingerprint density at radius 1 is 1.50 bits per heavy atom. The Hall–Kier alpha value is -2.11. The van der Waals surface area contributed by atoms with E-state index in [0.717, 1.165) is 24.4 Å². The molecule has 2 rings (SSSR count). The topological polar surface area (TPSA) is 73.0 Å². The van der Waals surface area contributed by atoms with Crippen LogP contribution in [0.15, 0.2) is 16.8 Å². The Kier molecular flexibility index (Phi) is 4.22. The Morgan fingerprint density at radius 3 is 2.80 bits per heavy atom. The second-order valence-corrected chi connectivity index (χ2v) is 4.75. The van der Waals surface area contributed by atoms with Gasteiger partial charge in [0.2, 0.25) is 0 Å². The minimum atomic E-state index is -0.223. The summed E-state index contributed by atoms with van der Waals surface area (Å²) in [5, 5.41) is 11.1. The molecule has 0 aliphatic carbocycles. The fourth-order valence-corrected chi connectivity index (χ4v) is 1.95. The number of nitrogens with zero attached hydrogens (tertiary/aromatic N) is 3. The highest BCUT2D eigenvalue weighted by molar-refractivity contribution is 5.95. The minimum Gasteiger partial charge on any atom is -0.359 e. The second-order valence-electron chi connectivity index (χ2n) is 4.75. The van der Waals surface area contributed by atoms with Gasteiger partial charge in [-0.05, 0) is 27.2 Å². The average Bonchev–Trinajstić information content (AvgIpc) is 3.04. The molecule has 0 aliphatic heterocycles. The summed E-state index contributed by atoms with van der Waals surface area (Å²) >= 11 is 0. The van der Waals surface area contributed by atoms with Gasteiger partial charge >= 0.3 is 0 Å². The Balaban J connectivity index is 2.08. The molecule has 0 saturated heterocycles. The van der Waals surface area contributed by atoms with Gasteiger partial charge < -0.3 is 9.84 Å². The van der Waals surface area contributed by atoms with Crippen LogP contribution in [0.3, 0.4) is 0 Å². The molecule has 20 heavy (non-hydrogen) atoms. The molecule has 1 unspecified atom stereocenters. The van der Waals surface area contributed by atoms with Crippen molar-refractivity contribution >= 4 is 5.91 Å².